The second-order valence-corrected chi connectivity index (χ2v) is 21.1. The zero-order valence-corrected chi connectivity index (χ0v) is 47.9. The normalized spacial score (nSPS) is 12.7. The maximum Gasteiger partial charge on any atom is 0.275 e. The van der Waals surface area contributed by atoms with Gasteiger partial charge in [-0.15, -0.1) is 18.7 Å². The third-order valence-electron chi connectivity index (χ3n) is 15.5. The van der Waals surface area contributed by atoms with Crippen molar-refractivity contribution in [1.82, 2.24) is 79.1 Å². The molecule has 24 nitrogen and oxygen atoms in total. The van der Waals surface area contributed by atoms with Gasteiger partial charge in [-0.3, -0.25) is 0 Å². The number of H-pyrrole nitrogens is 8. The molecular weight excluding hydrogens is 1010 g/mol. The molecule has 0 unspecified atom stereocenters. The first-order valence-electron chi connectivity index (χ1n) is 26.7. The number of fused-ring (bicyclic) bond motifs is 8. The van der Waals surface area contributed by atoms with Crippen LogP contribution in [-0.2, 0) is 0 Å². The van der Waals surface area contributed by atoms with E-state index in [1.807, 2.05) is 75.6 Å². The largest absolute Gasteiger partial charge is 0.275 e. The van der Waals surface area contributed by atoms with E-state index in [-0.39, 0.29) is 0 Å². The Morgan fingerprint density at radius 3 is 0.775 bits per heavy atom. The van der Waals surface area contributed by atoms with Gasteiger partial charge in [-0.2, -0.15) is 37.4 Å². The second kappa shape index (κ2) is 17.8. The first kappa shape index (κ1) is 49.6. The van der Waals surface area contributed by atoms with Gasteiger partial charge in [0.15, 0.2) is 23.0 Å². The van der Waals surface area contributed by atoms with Gasteiger partial charge in [0, 0.05) is 111 Å². The smallest absolute Gasteiger partial charge is 0.247 e. The summed E-state index contributed by atoms with van der Waals surface area (Å²) < 4.78 is 21.6. The highest BCUT2D eigenvalue weighted by atomic mass is 15.5. The fourth-order valence-corrected chi connectivity index (χ4v) is 12.0. The van der Waals surface area contributed by atoms with Gasteiger partial charge in [-0.05, 0) is 12.2 Å². The van der Waals surface area contributed by atoms with Gasteiger partial charge in [0.1, 0.15) is 83.7 Å². The molecule has 0 fully saturated rings. The summed E-state index contributed by atoms with van der Waals surface area (Å²) in [6.07, 6.45) is 19.9. The van der Waals surface area contributed by atoms with E-state index in [1.54, 1.807) is 0 Å². The van der Waals surface area contributed by atoms with E-state index in [0.29, 0.717) is 57.3 Å². The quantitative estimate of drug-likeness (QED) is 0.106. The van der Waals surface area contributed by atoms with Crippen LogP contribution in [-0.4, -0.2) is 79.1 Å². The van der Waals surface area contributed by atoms with Crippen LogP contribution in [0.15, 0.2) is 49.6 Å². The van der Waals surface area contributed by atoms with Crippen LogP contribution >= 0.6 is 0 Å². The molecule has 11 aromatic rings. The van der Waals surface area contributed by atoms with Crippen molar-refractivity contribution < 1.29 is 36.8 Å². The molecule has 80 heavy (non-hydrogen) atoms. The number of hydrogen-bond donors (Lipinski definition) is 8. The number of imidazole rings is 8. The fourth-order valence-electron chi connectivity index (χ4n) is 12.0. The standard InChI is InChI=1S/C56H58N24/c1-27-19-57-35(9)71(27)45-46(72-28(2)20-58-36(72)10)52-68-51(45)69-55-49(75-31(5)23-61-39(75)13)47(73-29(3)21-59-37(73)11)53(79(55)77-33(7)25-63-41(77)15)66-43-17-18-44(65-43)67-54-48(74-30(4)22-60-38(74)12)50(76-32(6)24-62-40(76)14)56(70-52)80(54)78-34(8)26-64-42(78)16/h17-26H,1-16H3/p+8. The predicted molar refractivity (Wildman–Crippen MR) is 291 cm³/mol. The Morgan fingerprint density at radius 1 is 0.275 bits per heavy atom. The maximum absolute atomic E-state index is 6.03. The molecule has 13 heterocycles. The van der Waals surface area contributed by atoms with E-state index in [2.05, 4.69) is 183 Å². The van der Waals surface area contributed by atoms with Crippen molar-refractivity contribution in [2.24, 2.45) is 0 Å². The Bertz CT molecular complexity index is 4240. The molecule has 0 atom stereocenters. The molecule has 13 rings (SSSR count). The minimum absolute atomic E-state index is 0.395. The molecular formula is C56H66N24+8. The van der Waals surface area contributed by atoms with E-state index in [9.17, 15) is 0 Å². The topological polar surface area (TPSA) is 245 Å². The first-order valence-corrected chi connectivity index (χ1v) is 26.7. The van der Waals surface area contributed by atoms with Gasteiger partial charge in [0.2, 0.25) is 68.4 Å². The van der Waals surface area contributed by atoms with Crippen LogP contribution in [0.1, 0.15) is 115 Å². The molecule has 0 spiro atoms. The highest BCUT2D eigenvalue weighted by molar-refractivity contribution is 5.85. The highest BCUT2D eigenvalue weighted by Gasteiger charge is 2.44. The molecule has 0 saturated heterocycles. The van der Waals surface area contributed by atoms with Gasteiger partial charge in [-0.1, -0.05) is 0 Å². The summed E-state index contributed by atoms with van der Waals surface area (Å²) in [6, 6.07) is 0. The van der Waals surface area contributed by atoms with Crippen LogP contribution < -0.4 is 36.8 Å². The third-order valence-corrected chi connectivity index (χ3v) is 15.5. The Labute approximate surface area is 458 Å². The number of aromatic nitrogens is 24. The summed E-state index contributed by atoms with van der Waals surface area (Å²) in [5, 5.41) is 0. The Hall–Kier alpha value is -10.0. The van der Waals surface area contributed by atoms with Crippen molar-refractivity contribution in [3.63, 3.8) is 0 Å². The SMILES string of the molecule is Cc1c[nH]c(C)[n+]1C1=C([n+]2c(C)c[nH]c2C)c2nc1nc1c(-[n+]3c(C)c[nH]c3C)c(-[n+]3c(C)c[nH]c3C)c(nc3nc(nc4c(-[n+]5c(C)c[nH]c5C)c(-[n+]5c(C)c[nH]c5C)c(n2)n4-[n+]2c(C)c[nH]c2C)C=C3)n1-[n+]1c(C)c[nH]c1C. The molecule has 11 aromatic heterocycles. The number of hydrogen-bond acceptors (Lipinski definition) is 6. The van der Waals surface area contributed by atoms with E-state index in [4.69, 9.17) is 29.9 Å². The number of nitrogens with one attached hydrogen (secondary N) is 8. The molecule has 0 aromatic carbocycles. The minimum Gasteiger partial charge on any atom is -0.247 e. The molecule has 0 aliphatic carbocycles. The lowest BCUT2D eigenvalue weighted by Gasteiger charge is -2.07. The highest BCUT2D eigenvalue weighted by Crippen LogP contribution is 2.32. The molecule has 8 bridgehead atoms. The number of aromatic amines is 8. The van der Waals surface area contributed by atoms with Crippen molar-refractivity contribution in [2.45, 2.75) is 111 Å². The monoisotopic (exact) mass is 1070 g/mol. The Kier molecular flexibility index (Phi) is 11.0. The lowest BCUT2D eigenvalue weighted by atomic mass is 10.2. The molecule has 0 radical (unpaired) electrons. The third kappa shape index (κ3) is 7.12. The number of rotatable bonds is 8. The Balaban J connectivity index is 1.40. The van der Waals surface area contributed by atoms with Crippen LogP contribution in [0.4, 0.5) is 0 Å². The molecule has 402 valence electrons. The van der Waals surface area contributed by atoms with Crippen LogP contribution in [0.25, 0.3) is 68.9 Å². The lowest BCUT2D eigenvalue weighted by molar-refractivity contribution is -0.732. The molecule has 2 aliphatic rings. The summed E-state index contributed by atoms with van der Waals surface area (Å²) in [5.41, 5.74) is 14.0. The van der Waals surface area contributed by atoms with Gasteiger partial charge in [0.05, 0.1) is 0 Å². The fraction of sp³-hybridized carbons (Fsp3) is 0.286. The van der Waals surface area contributed by atoms with E-state index in [1.165, 1.54) is 0 Å². The summed E-state index contributed by atoms with van der Waals surface area (Å²) in [6.45, 7) is 33.2. The van der Waals surface area contributed by atoms with Crippen LogP contribution in [0, 0.1) is 111 Å². The summed E-state index contributed by atoms with van der Waals surface area (Å²) in [5.74, 6) is 8.55. The first-order chi connectivity index (χ1) is 38.3. The molecule has 24 heteroatoms. The van der Waals surface area contributed by atoms with E-state index >= 15 is 0 Å². The van der Waals surface area contributed by atoms with Crippen LogP contribution in [0.2, 0.25) is 0 Å². The van der Waals surface area contributed by atoms with Gasteiger partial charge >= 0.3 is 0 Å². The van der Waals surface area contributed by atoms with Gasteiger partial charge in [0.25, 0.3) is 46.6 Å². The van der Waals surface area contributed by atoms with Crippen molar-refractivity contribution in [3.05, 3.63) is 165 Å². The zero-order valence-electron chi connectivity index (χ0n) is 47.9. The van der Waals surface area contributed by atoms with Crippen molar-refractivity contribution in [2.75, 3.05) is 0 Å². The second-order valence-electron chi connectivity index (χ2n) is 21.1. The zero-order chi connectivity index (χ0) is 56.1. The van der Waals surface area contributed by atoms with E-state index < -0.39 is 0 Å². The lowest BCUT2D eigenvalue weighted by Crippen LogP contribution is -2.46. The summed E-state index contributed by atoms with van der Waals surface area (Å²) >= 11 is 0. The molecule has 8 N–H and O–H groups in total. The number of aryl methyl sites for hydroxylation is 16. The number of nitrogens with zero attached hydrogens (tertiary/aromatic N) is 16. The average Bonchev–Trinajstić information content (AvgIpc) is 3.15. The van der Waals surface area contributed by atoms with Crippen LogP contribution in [0.3, 0.4) is 0 Å². The summed E-state index contributed by atoms with van der Waals surface area (Å²) in [7, 11) is 0. The van der Waals surface area contributed by atoms with E-state index in [0.717, 1.165) is 115 Å². The maximum atomic E-state index is 6.03. The average molecular weight is 1080 g/mol. The van der Waals surface area contributed by atoms with Crippen molar-refractivity contribution in [3.8, 4) is 22.7 Å². The minimum atomic E-state index is 0.395. The Morgan fingerprint density at radius 2 is 0.525 bits per heavy atom. The van der Waals surface area contributed by atoms with Gasteiger partial charge < -0.3 is 0 Å². The summed E-state index contributed by atoms with van der Waals surface area (Å²) in [4.78, 5) is 62.8. The van der Waals surface area contributed by atoms with Crippen LogP contribution in [0.5, 0.6) is 0 Å². The molecule has 0 amide bonds. The molecule has 2 aliphatic heterocycles. The van der Waals surface area contributed by atoms with Crippen molar-refractivity contribution >= 4 is 46.1 Å². The molecule has 0 saturated carbocycles. The van der Waals surface area contributed by atoms with Gasteiger partial charge in [-0.25, -0.2) is 59.8 Å². The predicted octanol–water partition coefficient (Wildman–Crippen LogP) is 3.37. The van der Waals surface area contributed by atoms with Crippen molar-refractivity contribution in [1.29, 1.82) is 0 Å².